The summed E-state index contributed by atoms with van der Waals surface area (Å²) in [5, 5.41) is 27.8. The first-order chi connectivity index (χ1) is 15.0. The minimum Gasteiger partial charge on any atom is -0.456 e. The van der Waals surface area contributed by atoms with Crippen LogP contribution in [-0.4, -0.2) is 61.4 Å². The Morgan fingerprint density at radius 2 is 2.19 bits per heavy atom. The molecule has 0 radical (unpaired) electrons. The van der Waals surface area contributed by atoms with Crippen molar-refractivity contribution in [3.8, 4) is 11.8 Å². The number of imidazole rings is 1. The SMILES string of the molecule is CNC(=O)C12CC1[C@H]1C(n3cnc4c(NC)nc(C#Cc5ccco5)nc43)[C@@]1(O)[C@@H]2O. The lowest BCUT2D eigenvalue weighted by molar-refractivity contribution is -0.134. The summed E-state index contributed by atoms with van der Waals surface area (Å²) in [5.74, 6) is 6.53. The van der Waals surface area contributed by atoms with Gasteiger partial charge in [0.05, 0.1) is 30.2 Å². The molecule has 3 aromatic heterocycles. The van der Waals surface area contributed by atoms with Gasteiger partial charge in [0.1, 0.15) is 5.60 Å². The Morgan fingerprint density at radius 3 is 2.84 bits per heavy atom. The fourth-order valence-corrected chi connectivity index (χ4v) is 5.60. The monoisotopic (exact) mass is 420 g/mol. The van der Waals surface area contributed by atoms with Gasteiger partial charge < -0.3 is 29.8 Å². The largest absolute Gasteiger partial charge is 0.456 e. The Labute approximate surface area is 176 Å². The van der Waals surface area contributed by atoms with Gasteiger partial charge in [0.2, 0.25) is 11.7 Å². The van der Waals surface area contributed by atoms with Crippen molar-refractivity contribution in [2.45, 2.75) is 24.2 Å². The predicted molar refractivity (Wildman–Crippen MR) is 108 cm³/mol. The van der Waals surface area contributed by atoms with E-state index in [1.807, 2.05) is 0 Å². The van der Waals surface area contributed by atoms with Crippen LogP contribution in [0.5, 0.6) is 0 Å². The first kappa shape index (κ1) is 18.4. The smallest absolute Gasteiger partial charge is 0.229 e. The average Bonchev–Trinajstić information content (AvgIpc) is 3.41. The van der Waals surface area contributed by atoms with E-state index >= 15 is 0 Å². The molecule has 3 unspecified atom stereocenters. The van der Waals surface area contributed by atoms with Gasteiger partial charge in [-0.05, 0) is 36.3 Å². The molecular formula is C21H20N6O4. The Balaban J connectivity index is 1.40. The summed E-state index contributed by atoms with van der Waals surface area (Å²) >= 11 is 0. The first-order valence-corrected chi connectivity index (χ1v) is 10.1. The summed E-state index contributed by atoms with van der Waals surface area (Å²) in [5.41, 5.74) is -1.21. The quantitative estimate of drug-likeness (QED) is 0.431. The van der Waals surface area contributed by atoms with E-state index in [2.05, 4.69) is 37.4 Å². The molecule has 6 rings (SSSR count). The molecule has 3 aromatic rings. The van der Waals surface area contributed by atoms with Gasteiger partial charge in [-0.25, -0.2) is 15.0 Å². The molecule has 0 saturated heterocycles. The third-order valence-corrected chi connectivity index (χ3v) is 7.08. The van der Waals surface area contributed by atoms with Gasteiger partial charge in [-0.15, -0.1) is 0 Å². The Bertz CT molecular complexity index is 1290. The van der Waals surface area contributed by atoms with Crippen molar-refractivity contribution in [1.29, 1.82) is 0 Å². The number of furan rings is 1. The van der Waals surface area contributed by atoms with E-state index in [0.29, 0.717) is 29.2 Å². The highest BCUT2D eigenvalue weighted by Gasteiger charge is 2.91. The zero-order chi connectivity index (χ0) is 21.5. The van der Waals surface area contributed by atoms with E-state index in [0.717, 1.165) is 0 Å². The predicted octanol–water partition coefficient (Wildman–Crippen LogP) is -0.110. The number of hydrogen-bond acceptors (Lipinski definition) is 8. The van der Waals surface area contributed by atoms with Crippen LogP contribution in [0.15, 0.2) is 29.1 Å². The van der Waals surface area contributed by atoms with E-state index in [4.69, 9.17) is 4.42 Å². The normalized spacial score (nSPS) is 34.5. The molecule has 1 amide bonds. The molecule has 10 heteroatoms. The van der Waals surface area contributed by atoms with Crippen molar-refractivity contribution >= 4 is 22.9 Å². The topological polar surface area (TPSA) is 138 Å². The number of nitrogens with one attached hydrogen (secondary N) is 2. The Morgan fingerprint density at radius 1 is 1.35 bits per heavy atom. The Hall–Kier alpha value is -3.42. The summed E-state index contributed by atoms with van der Waals surface area (Å²) in [6.45, 7) is 0. The zero-order valence-corrected chi connectivity index (χ0v) is 16.8. The van der Waals surface area contributed by atoms with Gasteiger partial charge in [-0.1, -0.05) is 0 Å². The van der Waals surface area contributed by atoms with Crippen molar-refractivity contribution in [1.82, 2.24) is 24.8 Å². The van der Waals surface area contributed by atoms with Crippen molar-refractivity contribution in [3.63, 3.8) is 0 Å². The van der Waals surface area contributed by atoms with Crippen molar-refractivity contribution in [2.24, 2.45) is 17.3 Å². The Kier molecular flexibility index (Phi) is 3.46. The molecule has 3 heterocycles. The standard InChI is InChI=1S/C21H20N6O4/c1-22-16-14-17(26-12(25-16)6-5-10-4-3-7-31-10)27(9-24-14)15-13-11-8-20(11,19(29)23-2)18(28)21(13,15)30/h3-4,7,9,11,13,15,18,28,30H,8H2,1-2H3,(H,23,29)(H,22,25,26)/t11?,13-,15?,18+,20?,21+/m0/s1. The van der Waals surface area contributed by atoms with E-state index < -0.39 is 23.2 Å². The number of aliphatic hydroxyl groups is 2. The molecule has 3 aliphatic rings. The molecule has 4 N–H and O–H groups in total. The van der Waals surface area contributed by atoms with Crippen LogP contribution in [0.2, 0.25) is 0 Å². The highest BCUT2D eigenvalue weighted by Crippen LogP contribution is 2.82. The number of rotatable bonds is 3. The maximum absolute atomic E-state index is 12.3. The van der Waals surface area contributed by atoms with Crippen LogP contribution in [0, 0.1) is 29.1 Å². The van der Waals surface area contributed by atoms with Crippen molar-refractivity contribution < 1.29 is 19.4 Å². The summed E-state index contributed by atoms with van der Waals surface area (Å²) in [7, 11) is 3.28. The average molecular weight is 420 g/mol. The highest BCUT2D eigenvalue weighted by atomic mass is 16.4. The lowest BCUT2D eigenvalue weighted by atomic mass is 9.93. The summed E-state index contributed by atoms with van der Waals surface area (Å²) in [6, 6.07) is 3.07. The molecule has 3 fully saturated rings. The number of carbonyl (C=O) groups excluding carboxylic acids is 1. The van der Waals surface area contributed by atoms with Crippen LogP contribution in [0.25, 0.3) is 11.2 Å². The fraction of sp³-hybridized carbons (Fsp3) is 0.429. The fourth-order valence-electron chi connectivity index (χ4n) is 5.60. The zero-order valence-electron chi connectivity index (χ0n) is 16.8. The molecule has 0 spiro atoms. The van der Waals surface area contributed by atoms with E-state index in [1.54, 1.807) is 37.1 Å². The van der Waals surface area contributed by atoms with E-state index in [-0.39, 0.29) is 23.6 Å². The lowest BCUT2D eigenvalue weighted by Gasteiger charge is -2.25. The van der Waals surface area contributed by atoms with Crippen molar-refractivity contribution in [3.05, 3.63) is 36.3 Å². The summed E-state index contributed by atoms with van der Waals surface area (Å²) in [4.78, 5) is 25.7. The maximum atomic E-state index is 12.3. The molecule has 0 aliphatic heterocycles. The molecule has 6 atom stereocenters. The van der Waals surface area contributed by atoms with Crippen LogP contribution >= 0.6 is 0 Å². The molecule has 10 nitrogen and oxygen atoms in total. The van der Waals surface area contributed by atoms with Gasteiger partial charge in [0.15, 0.2) is 22.7 Å². The van der Waals surface area contributed by atoms with Crippen LogP contribution in [0.1, 0.15) is 24.0 Å². The molecular weight excluding hydrogens is 400 g/mol. The molecule has 3 aliphatic carbocycles. The number of carbonyl (C=O) groups is 1. The van der Waals surface area contributed by atoms with Crippen LogP contribution in [0.4, 0.5) is 5.82 Å². The number of aliphatic hydroxyl groups excluding tert-OH is 1. The molecule has 0 aromatic carbocycles. The molecule has 31 heavy (non-hydrogen) atoms. The van der Waals surface area contributed by atoms with E-state index in [1.165, 1.54) is 6.26 Å². The minimum atomic E-state index is -1.38. The van der Waals surface area contributed by atoms with Crippen LogP contribution in [0.3, 0.4) is 0 Å². The second kappa shape index (κ2) is 5.84. The third-order valence-electron chi connectivity index (χ3n) is 7.08. The van der Waals surface area contributed by atoms with Gasteiger partial charge >= 0.3 is 0 Å². The summed E-state index contributed by atoms with van der Waals surface area (Å²) in [6.07, 6.45) is 2.57. The number of hydrogen-bond donors (Lipinski definition) is 4. The lowest BCUT2D eigenvalue weighted by Crippen LogP contribution is -2.45. The molecule has 3 saturated carbocycles. The van der Waals surface area contributed by atoms with E-state index in [9.17, 15) is 15.0 Å². The molecule has 0 bridgehead atoms. The number of fused-ring (bicyclic) bond motifs is 4. The van der Waals surface area contributed by atoms with Gasteiger partial charge in [0.25, 0.3) is 0 Å². The van der Waals surface area contributed by atoms with Gasteiger partial charge in [0, 0.05) is 20.0 Å². The number of nitrogens with zero attached hydrogens (tertiary/aromatic N) is 4. The van der Waals surface area contributed by atoms with Crippen LogP contribution in [-0.2, 0) is 4.79 Å². The second-order valence-electron chi connectivity index (χ2n) is 8.39. The molecule has 158 valence electrons. The maximum Gasteiger partial charge on any atom is 0.229 e. The third kappa shape index (κ3) is 2.14. The van der Waals surface area contributed by atoms with Crippen molar-refractivity contribution in [2.75, 3.05) is 19.4 Å². The number of aromatic nitrogens is 4. The second-order valence-corrected chi connectivity index (χ2v) is 8.39. The van der Waals surface area contributed by atoms with Gasteiger partial charge in [-0.3, -0.25) is 4.79 Å². The highest BCUT2D eigenvalue weighted by molar-refractivity contribution is 5.89. The number of amides is 1. The first-order valence-electron chi connectivity index (χ1n) is 10.1. The summed E-state index contributed by atoms with van der Waals surface area (Å²) < 4.78 is 7.00. The van der Waals surface area contributed by atoms with Crippen LogP contribution < -0.4 is 10.6 Å². The van der Waals surface area contributed by atoms with Gasteiger partial charge in [-0.2, -0.15) is 0 Å². The minimum absolute atomic E-state index is 0.0706. The number of anilines is 1.